The molecule has 0 aliphatic heterocycles. The standard InChI is InChI=1S/C16H28.H/c1-8-12-13(15(2,3)4)10-9-11-14(12)16(5,6)7;/h1,12-14H,9-11H2,2-7H3;. The zero-order valence-corrected chi connectivity index (χ0v) is 11.9. The largest absolute Gasteiger partial charge is 0.120 e. The number of hydrogen-bond donors (Lipinski definition) is 0. The number of rotatable bonds is 0. The van der Waals surface area contributed by atoms with Gasteiger partial charge in [-0.2, -0.15) is 0 Å². The third-order valence-corrected chi connectivity index (χ3v) is 4.31. The minimum Gasteiger partial charge on any atom is -0.120 e. The van der Waals surface area contributed by atoms with E-state index >= 15 is 0 Å². The Labute approximate surface area is 104 Å². The van der Waals surface area contributed by atoms with E-state index in [0.717, 1.165) is 0 Å². The first-order chi connectivity index (χ1) is 7.18. The van der Waals surface area contributed by atoms with Gasteiger partial charge in [0.2, 0.25) is 0 Å². The average Bonchev–Trinajstić information content (AvgIpc) is 2.13. The number of hydrogen-bond acceptors (Lipinski definition) is 0. The van der Waals surface area contributed by atoms with E-state index in [2.05, 4.69) is 47.5 Å². The molecule has 0 amide bonds. The van der Waals surface area contributed by atoms with Gasteiger partial charge >= 0.3 is 0 Å². The molecule has 2 unspecified atom stereocenters. The molecule has 16 heavy (non-hydrogen) atoms. The summed E-state index contributed by atoms with van der Waals surface area (Å²) in [5.41, 5.74) is 0.696. The van der Waals surface area contributed by atoms with E-state index in [0.29, 0.717) is 28.6 Å². The van der Waals surface area contributed by atoms with E-state index in [9.17, 15) is 0 Å². The molecular weight excluding hydrogens is 192 g/mol. The average molecular weight is 221 g/mol. The van der Waals surface area contributed by atoms with Crippen LogP contribution in [0.1, 0.15) is 62.2 Å². The van der Waals surface area contributed by atoms with E-state index in [1.807, 2.05) is 0 Å². The molecule has 0 aromatic carbocycles. The highest BCUT2D eigenvalue weighted by Crippen LogP contribution is 2.49. The highest BCUT2D eigenvalue weighted by atomic mass is 14.5. The highest BCUT2D eigenvalue weighted by Gasteiger charge is 2.42. The fourth-order valence-electron chi connectivity index (χ4n) is 3.37. The van der Waals surface area contributed by atoms with Gasteiger partial charge in [-0.15, -0.1) is 12.3 Å². The van der Waals surface area contributed by atoms with Crippen LogP contribution in [0.15, 0.2) is 0 Å². The topological polar surface area (TPSA) is 0 Å². The van der Waals surface area contributed by atoms with Crippen molar-refractivity contribution in [1.82, 2.24) is 0 Å². The minimum absolute atomic E-state index is 0. The first-order valence-corrected chi connectivity index (χ1v) is 6.64. The van der Waals surface area contributed by atoms with Crippen LogP contribution in [-0.4, -0.2) is 0 Å². The fourth-order valence-corrected chi connectivity index (χ4v) is 3.37. The molecule has 1 fully saturated rings. The van der Waals surface area contributed by atoms with Gasteiger partial charge in [0, 0.05) is 7.34 Å². The van der Waals surface area contributed by atoms with Crippen LogP contribution in [0.3, 0.4) is 0 Å². The lowest BCUT2D eigenvalue weighted by molar-refractivity contribution is 0.0403. The van der Waals surface area contributed by atoms with Crippen LogP contribution in [0, 0.1) is 40.9 Å². The van der Waals surface area contributed by atoms with Crippen molar-refractivity contribution in [3.8, 4) is 12.3 Å². The lowest BCUT2D eigenvalue weighted by Crippen LogP contribution is -2.40. The maximum absolute atomic E-state index is 5.83. The van der Waals surface area contributed by atoms with Crippen LogP contribution in [0.5, 0.6) is 0 Å². The molecule has 1 rings (SSSR count). The second kappa shape index (κ2) is 4.44. The van der Waals surface area contributed by atoms with Crippen molar-refractivity contribution in [3.05, 3.63) is 0 Å². The summed E-state index contributed by atoms with van der Waals surface area (Å²) in [6.07, 6.45) is 9.80. The van der Waals surface area contributed by atoms with E-state index < -0.39 is 0 Å². The van der Waals surface area contributed by atoms with Crippen molar-refractivity contribution >= 4 is 0 Å². The van der Waals surface area contributed by atoms with Crippen molar-refractivity contribution in [2.24, 2.45) is 28.6 Å². The summed E-state index contributed by atoms with van der Waals surface area (Å²) in [7, 11) is 0. The van der Waals surface area contributed by atoms with Crippen LogP contribution >= 0.6 is 0 Å². The van der Waals surface area contributed by atoms with E-state index in [1.54, 1.807) is 0 Å². The number of terminal acetylenes is 1. The lowest BCUT2D eigenvalue weighted by Gasteiger charge is -2.47. The Kier molecular flexibility index (Phi) is 3.78. The predicted octanol–water partition coefficient (Wildman–Crippen LogP) is 4.86. The molecule has 0 nitrogen and oxygen atoms in total. The van der Waals surface area contributed by atoms with Gasteiger partial charge in [-0.1, -0.05) is 48.0 Å². The van der Waals surface area contributed by atoms with Crippen LogP contribution < -0.4 is 0 Å². The molecule has 2 atom stereocenters. The van der Waals surface area contributed by atoms with Crippen LogP contribution in [0.25, 0.3) is 0 Å². The molecule has 1 aliphatic carbocycles. The first-order valence-electron chi connectivity index (χ1n) is 6.64. The molecule has 0 heterocycles. The Morgan fingerprint density at radius 2 is 1.31 bits per heavy atom. The van der Waals surface area contributed by atoms with Gasteiger partial charge in [0.15, 0.2) is 0 Å². The Hall–Kier alpha value is -0.440. The van der Waals surface area contributed by atoms with Crippen molar-refractivity contribution in [1.29, 1.82) is 0 Å². The van der Waals surface area contributed by atoms with Gasteiger partial charge in [0.25, 0.3) is 0 Å². The SMILES string of the molecule is C#CC1C(C(C)(C)C)CCCC1C(C)(C)C.[H]. The summed E-state index contributed by atoms with van der Waals surface area (Å²) in [4.78, 5) is 0. The Bertz CT molecular complexity index is 249. The molecule has 0 spiro atoms. The Morgan fingerprint density at radius 3 is 1.56 bits per heavy atom. The van der Waals surface area contributed by atoms with Gasteiger partial charge in [-0.05, 0) is 35.5 Å². The predicted molar refractivity (Wildman–Crippen MR) is 73.2 cm³/mol. The minimum atomic E-state index is 0. The quantitative estimate of drug-likeness (QED) is 0.513. The van der Waals surface area contributed by atoms with Crippen molar-refractivity contribution in [3.63, 3.8) is 0 Å². The summed E-state index contributed by atoms with van der Waals surface area (Å²) in [6.45, 7) is 14.0. The molecule has 0 bridgehead atoms. The molecule has 93 valence electrons. The summed E-state index contributed by atoms with van der Waals surface area (Å²) in [5.74, 6) is 4.96. The van der Waals surface area contributed by atoms with E-state index in [4.69, 9.17) is 6.42 Å². The fraction of sp³-hybridized carbons (Fsp3) is 0.875. The van der Waals surface area contributed by atoms with Crippen LogP contribution in [0.4, 0.5) is 0 Å². The molecule has 0 saturated heterocycles. The maximum Gasteiger partial charge on any atom is 0.0266 e. The lowest BCUT2D eigenvalue weighted by atomic mass is 9.57. The second-order valence-corrected chi connectivity index (χ2v) is 7.57. The normalized spacial score (nSPS) is 32.2. The summed E-state index contributed by atoms with van der Waals surface area (Å²) < 4.78 is 0. The molecule has 0 aromatic rings. The second-order valence-electron chi connectivity index (χ2n) is 7.57. The van der Waals surface area contributed by atoms with Crippen molar-refractivity contribution in [2.75, 3.05) is 0 Å². The maximum atomic E-state index is 5.83. The molecule has 1 aliphatic rings. The van der Waals surface area contributed by atoms with Crippen molar-refractivity contribution < 1.29 is 1.43 Å². The highest BCUT2D eigenvalue weighted by molar-refractivity contribution is 5.06. The summed E-state index contributed by atoms with van der Waals surface area (Å²) in [5, 5.41) is 0. The molecule has 0 aromatic heterocycles. The molecule has 0 heteroatoms. The van der Waals surface area contributed by atoms with E-state index in [1.165, 1.54) is 19.3 Å². The molecule has 1 saturated carbocycles. The van der Waals surface area contributed by atoms with Gasteiger partial charge in [-0.25, -0.2) is 0 Å². The summed E-state index contributed by atoms with van der Waals surface area (Å²) >= 11 is 0. The van der Waals surface area contributed by atoms with Gasteiger partial charge in [0.05, 0.1) is 0 Å². The first kappa shape index (κ1) is 13.6. The van der Waals surface area contributed by atoms with Crippen LogP contribution in [-0.2, 0) is 0 Å². The van der Waals surface area contributed by atoms with Gasteiger partial charge in [0.1, 0.15) is 0 Å². The van der Waals surface area contributed by atoms with Gasteiger partial charge in [-0.3, -0.25) is 0 Å². The van der Waals surface area contributed by atoms with Gasteiger partial charge < -0.3 is 0 Å². The zero-order valence-electron chi connectivity index (χ0n) is 12.9. The molecule has 1 radical (unpaired) electrons. The Balaban J connectivity index is 0.00000256. The zero-order chi connectivity index (χ0) is 12.6. The molecule has 0 N–H and O–H groups in total. The third kappa shape index (κ3) is 2.82. The van der Waals surface area contributed by atoms with Crippen LogP contribution in [0.2, 0.25) is 0 Å². The summed E-state index contributed by atoms with van der Waals surface area (Å²) in [6, 6.07) is 0. The third-order valence-electron chi connectivity index (χ3n) is 4.31. The smallest absolute Gasteiger partial charge is 0.0266 e. The van der Waals surface area contributed by atoms with E-state index in [-0.39, 0.29) is 1.43 Å². The monoisotopic (exact) mass is 221 g/mol. The molecular formula is C16H29. The Morgan fingerprint density at radius 1 is 0.938 bits per heavy atom. The van der Waals surface area contributed by atoms with Crippen molar-refractivity contribution in [2.45, 2.75) is 60.8 Å².